The molecule has 0 spiro atoms. The van der Waals surface area contributed by atoms with Crippen LogP contribution in [0.4, 0.5) is 0 Å². The predicted octanol–water partition coefficient (Wildman–Crippen LogP) is 8.06. The van der Waals surface area contributed by atoms with Gasteiger partial charge < -0.3 is 10.6 Å². The third-order valence-corrected chi connectivity index (χ3v) is 13.3. The fourth-order valence-corrected chi connectivity index (χ4v) is 10.9. The van der Waals surface area contributed by atoms with E-state index in [-0.39, 0.29) is 35.0 Å². The van der Waals surface area contributed by atoms with Crippen molar-refractivity contribution >= 4 is 35.8 Å². The molecule has 8 nitrogen and oxygen atoms in total. The van der Waals surface area contributed by atoms with Crippen molar-refractivity contribution in [2.24, 2.45) is 0 Å². The minimum atomic E-state index is -1.59. The summed E-state index contributed by atoms with van der Waals surface area (Å²) in [5.41, 5.74) is 3.25. The molecule has 9 heteroatoms. The standard InChI is InChI=1S/C46H39N4O4P/c1-30(32-18-6-3-7-19-32)47-41(51)35-24-12-16-28-39(35)45-49-43(53)37-26-14-15-27-38(37)44(54)50(49)46(55(45)34-22-10-5-11-23-34)40-29-17-13-25-36(40)42(52)48-31(2)33-20-8-4-9-21-33/h3-31,45-46H,1-2H3,(H,47,51)(H,48,52)/t30-,31+,45-,46-,55?/m1/s1. The van der Waals surface area contributed by atoms with E-state index in [4.69, 9.17) is 0 Å². The van der Waals surface area contributed by atoms with E-state index in [0.29, 0.717) is 33.0 Å². The number of rotatable bonds is 9. The highest BCUT2D eigenvalue weighted by atomic mass is 31.1. The normalized spacial score (nSPS) is 17.2. The van der Waals surface area contributed by atoms with Gasteiger partial charge in [-0.05, 0) is 73.6 Å². The van der Waals surface area contributed by atoms with Gasteiger partial charge in [-0.1, -0.05) is 140 Å². The van der Waals surface area contributed by atoms with E-state index in [0.717, 1.165) is 16.4 Å². The summed E-state index contributed by atoms with van der Waals surface area (Å²) < 4.78 is 3.12. The van der Waals surface area contributed by atoms with Crippen LogP contribution in [-0.4, -0.2) is 21.2 Å². The number of aromatic nitrogens is 2. The van der Waals surface area contributed by atoms with Crippen molar-refractivity contribution in [1.82, 2.24) is 20.0 Å². The highest BCUT2D eigenvalue weighted by Crippen LogP contribution is 2.65. The van der Waals surface area contributed by atoms with Crippen molar-refractivity contribution in [1.29, 1.82) is 0 Å². The van der Waals surface area contributed by atoms with Crippen molar-refractivity contribution < 1.29 is 9.59 Å². The van der Waals surface area contributed by atoms with Gasteiger partial charge in [0.25, 0.3) is 22.9 Å². The van der Waals surface area contributed by atoms with Gasteiger partial charge in [0, 0.05) is 11.1 Å². The fraction of sp³-hybridized carbons (Fsp3) is 0.130. The first-order valence-electron chi connectivity index (χ1n) is 18.3. The van der Waals surface area contributed by atoms with E-state index in [2.05, 4.69) is 10.6 Å². The molecule has 1 aromatic heterocycles. The summed E-state index contributed by atoms with van der Waals surface area (Å²) >= 11 is 0. The summed E-state index contributed by atoms with van der Waals surface area (Å²) in [6, 6.07) is 50.2. The molecule has 1 aliphatic rings. The number of nitrogens with zero attached hydrogens (tertiary/aromatic N) is 2. The van der Waals surface area contributed by atoms with Crippen LogP contribution in [0.5, 0.6) is 0 Å². The van der Waals surface area contributed by atoms with Gasteiger partial charge in [-0.25, -0.2) is 9.36 Å². The zero-order chi connectivity index (χ0) is 38.1. The maximum Gasteiger partial charge on any atom is 0.274 e. The van der Waals surface area contributed by atoms with Gasteiger partial charge in [0.1, 0.15) is 11.6 Å². The summed E-state index contributed by atoms with van der Waals surface area (Å²) in [6.07, 6.45) is 0. The number of hydrogen-bond donors (Lipinski definition) is 2. The monoisotopic (exact) mass is 742 g/mol. The van der Waals surface area contributed by atoms with E-state index in [1.54, 1.807) is 45.8 Å². The second-order valence-corrected chi connectivity index (χ2v) is 16.0. The Morgan fingerprint density at radius 1 is 0.491 bits per heavy atom. The molecule has 0 bridgehead atoms. The molecule has 0 radical (unpaired) electrons. The molecule has 0 saturated carbocycles. The van der Waals surface area contributed by atoms with Crippen molar-refractivity contribution in [2.45, 2.75) is 37.5 Å². The van der Waals surface area contributed by atoms with Gasteiger partial charge in [0.15, 0.2) is 0 Å². The lowest BCUT2D eigenvalue weighted by atomic mass is 10.0. The number of carbonyl (C=O) groups excluding carboxylic acids is 2. The maximum atomic E-state index is 14.9. The van der Waals surface area contributed by atoms with Crippen molar-refractivity contribution in [2.75, 3.05) is 0 Å². The number of fused-ring (bicyclic) bond motifs is 2. The Kier molecular flexibility index (Phi) is 9.83. The van der Waals surface area contributed by atoms with Gasteiger partial charge in [-0.2, -0.15) is 0 Å². The molecule has 8 rings (SSSR count). The highest BCUT2D eigenvalue weighted by molar-refractivity contribution is 7.66. The van der Waals surface area contributed by atoms with Gasteiger partial charge in [0.05, 0.1) is 22.9 Å². The largest absolute Gasteiger partial charge is 0.346 e. The van der Waals surface area contributed by atoms with Crippen LogP contribution in [0.2, 0.25) is 0 Å². The lowest BCUT2D eigenvalue weighted by molar-refractivity contribution is 0.0930. The first-order chi connectivity index (χ1) is 26.8. The summed E-state index contributed by atoms with van der Waals surface area (Å²) in [4.78, 5) is 58.5. The smallest absolute Gasteiger partial charge is 0.274 e. The highest BCUT2D eigenvalue weighted by Gasteiger charge is 2.47. The Balaban J connectivity index is 1.35. The molecule has 1 aliphatic heterocycles. The van der Waals surface area contributed by atoms with Crippen molar-refractivity contribution in [3.05, 3.63) is 218 Å². The Morgan fingerprint density at radius 2 is 0.836 bits per heavy atom. The van der Waals surface area contributed by atoms with Crippen molar-refractivity contribution in [3.8, 4) is 0 Å². The summed E-state index contributed by atoms with van der Waals surface area (Å²) in [7, 11) is -1.59. The molecule has 2 N–H and O–H groups in total. The zero-order valence-electron chi connectivity index (χ0n) is 30.4. The molecular formula is C46H39N4O4P. The van der Waals surface area contributed by atoms with E-state index >= 15 is 0 Å². The molecule has 272 valence electrons. The quantitative estimate of drug-likeness (QED) is 0.146. The fourth-order valence-electron chi connectivity index (χ4n) is 7.63. The van der Waals surface area contributed by atoms with E-state index < -0.39 is 19.5 Å². The number of nitrogens with one attached hydrogen (secondary N) is 2. The van der Waals surface area contributed by atoms with Crippen LogP contribution in [0.3, 0.4) is 0 Å². The molecule has 7 aromatic rings. The van der Waals surface area contributed by atoms with Crippen LogP contribution in [-0.2, 0) is 0 Å². The average molecular weight is 743 g/mol. The van der Waals surface area contributed by atoms with Crippen LogP contribution in [0.25, 0.3) is 10.8 Å². The van der Waals surface area contributed by atoms with Gasteiger partial charge in [-0.3, -0.25) is 19.2 Å². The molecule has 5 atom stereocenters. The summed E-state index contributed by atoms with van der Waals surface area (Å²) in [6.45, 7) is 3.87. The van der Waals surface area contributed by atoms with Crippen LogP contribution in [0, 0.1) is 0 Å². The predicted molar refractivity (Wildman–Crippen MR) is 219 cm³/mol. The molecule has 2 amide bonds. The Hall–Kier alpha value is -6.37. The third-order valence-electron chi connectivity index (χ3n) is 10.3. The summed E-state index contributed by atoms with van der Waals surface area (Å²) in [5, 5.41) is 7.83. The molecule has 2 heterocycles. The van der Waals surface area contributed by atoms with Gasteiger partial charge in [0.2, 0.25) is 0 Å². The number of benzene rings is 6. The van der Waals surface area contributed by atoms with Gasteiger partial charge in [-0.15, -0.1) is 0 Å². The Labute approximate surface area is 319 Å². The van der Waals surface area contributed by atoms with E-state index in [9.17, 15) is 19.2 Å². The minimum Gasteiger partial charge on any atom is -0.346 e. The lowest BCUT2D eigenvalue weighted by Crippen LogP contribution is -2.38. The van der Waals surface area contributed by atoms with E-state index in [1.807, 2.05) is 141 Å². The molecule has 0 fully saturated rings. The average Bonchev–Trinajstić information content (AvgIpc) is 3.60. The number of amides is 2. The zero-order valence-corrected chi connectivity index (χ0v) is 31.3. The topological polar surface area (TPSA) is 102 Å². The Bertz CT molecular complexity index is 2480. The molecule has 6 aromatic carbocycles. The first-order valence-corrected chi connectivity index (χ1v) is 19.8. The van der Waals surface area contributed by atoms with E-state index in [1.165, 1.54) is 0 Å². The van der Waals surface area contributed by atoms with Crippen LogP contribution >= 0.6 is 7.92 Å². The Morgan fingerprint density at radius 3 is 1.25 bits per heavy atom. The molecular weight excluding hydrogens is 704 g/mol. The molecule has 1 unspecified atom stereocenters. The minimum absolute atomic E-state index is 0.291. The van der Waals surface area contributed by atoms with Crippen LogP contribution in [0.15, 0.2) is 173 Å². The van der Waals surface area contributed by atoms with Crippen molar-refractivity contribution in [3.63, 3.8) is 0 Å². The maximum absolute atomic E-state index is 14.9. The summed E-state index contributed by atoms with van der Waals surface area (Å²) in [5.74, 6) is -2.09. The molecule has 0 aliphatic carbocycles. The first kappa shape index (κ1) is 35.6. The molecule has 55 heavy (non-hydrogen) atoms. The number of carbonyl (C=O) groups is 2. The lowest BCUT2D eigenvalue weighted by Gasteiger charge is -2.28. The van der Waals surface area contributed by atoms with Crippen LogP contribution < -0.4 is 27.1 Å². The van der Waals surface area contributed by atoms with Gasteiger partial charge >= 0.3 is 0 Å². The second-order valence-electron chi connectivity index (χ2n) is 13.7. The SMILES string of the molecule is C[C@H](NC(=O)c1ccccc1[C@@H]1n2c(=O)c3ccccc3c(=O)n2[C@@H](c2ccccc2C(=O)N[C@H](C)c2ccccc2)P1c1ccccc1)c1ccccc1. The second kappa shape index (κ2) is 15.2. The molecule has 0 saturated heterocycles. The third kappa shape index (κ3) is 6.59. The number of hydrogen-bond acceptors (Lipinski definition) is 4. The van der Waals surface area contributed by atoms with Crippen LogP contribution in [0.1, 0.15) is 80.5 Å².